The van der Waals surface area contributed by atoms with Gasteiger partial charge in [-0.25, -0.2) is 24.1 Å². The van der Waals surface area contributed by atoms with E-state index in [1.165, 1.54) is 24.4 Å². The fourth-order valence-corrected chi connectivity index (χ4v) is 4.10. The van der Waals surface area contributed by atoms with E-state index in [1.807, 2.05) is 0 Å². The number of ether oxygens (including phenoxy) is 1. The van der Waals surface area contributed by atoms with Crippen LogP contribution in [0.1, 0.15) is 25.2 Å². The van der Waals surface area contributed by atoms with Gasteiger partial charge in [0.2, 0.25) is 5.88 Å². The Labute approximate surface area is 207 Å². The zero-order valence-corrected chi connectivity index (χ0v) is 20.0. The normalized spacial score (nSPS) is 18.1. The van der Waals surface area contributed by atoms with Crippen LogP contribution in [0, 0.1) is 6.92 Å². The van der Waals surface area contributed by atoms with Crippen molar-refractivity contribution in [3.8, 4) is 5.88 Å². The number of nitrogens with one attached hydrogen (secondary N) is 2. The lowest BCUT2D eigenvalue weighted by Gasteiger charge is -2.28. The summed E-state index contributed by atoms with van der Waals surface area (Å²) >= 11 is 5.90. The van der Waals surface area contributed by atoms with E-state index in [9.17, 15) is 22.8 Å². The molecule has 0 saturated carbocycles. The maximum atomic E-state index is 14.2. The minimum absolute atomic E-state index is 0.0315. The first-order valence-corrected chi connectivity index (χ1v) is 11.0. The van der Waals surface area contributed by atoms with Crippen LogP contribution in [0.2, 0.25) is 5.15 Å². The lowest BCUT2D eigenvalue weighted by Crippen LogP contribution is -2.46. The molecule has 0 radical (unpaired) electrons. The molecule has 36 heavy (non-hydrogen) atoms. The summed E-state index contributed by atoms with van der Waals surface area (Å²) in [5.74, 6) is 0.0980. The van der Waals surface area contributed by atoms with E-state index in [0.717, 1.165) is 16.3 Å². The number of alkyl halides is 3. The lowest BCUT2D eigenvalue weighted by molar-refractivity contribution is -0.181. The summed E-state index contributed by atoms with van der Waals surface area (Å²) in [7, 11) is 0. The van der Waals surface area contributed by atoms with E-state index in [2.05, 4.69) is 25.7 Å². The van der Waals surface area contributed by atoms with Crippen LogP contribution in [-0.2, 0) is 5.41 Å². The van der Waals surface area contributed by atoms with Crippen LogP contribution in [0.15, 0.2) is 24.4 Å². The molecule has 1 aliphatic heterocycles. The van der Waals surface area contributed by atoms with Crippen LogP contribution in [0.4, 0.5) is 34.1 Å². The summed E-state index contributed by atoms with van der Waals surface area (Å²) in [6.45, 7) is 3.47. The van der Waals surface area contributed by atoms with Crippen LogP contribution in [0.5, 0.6) is 5.88 Å². The molecule has 2 atom stereocenters. The molecule has 3 aromatic rings. The van der Waals surface area contributed by atoms with Crippen molar-refractivity contribution in [2.24, 2.45) is 0 Å². The number of halogens is 4. The molecule has 0 aliphatic carbocycles. The summed E-state index contributed by atoms with van der Waals surface area (Å²) in [5, 5.41) is 17.5. The first-order valence-electron chi connectivity index (χ1n) is 10.6. The molecule has 0 saturated heterocycles. The van der Waals surface area contributed by atoms with Crippen LogP contribution >= 0.6 is 11.6 Å². The molecule has 3 N–H and O–H groups in total. The molecular formula is C21H21ClF3N7O4. The Balaban J connectivity index is 1.62. The molecule has 4 rings (SSSR count). The topological polar surface area (TPSA) is 134 Å². The summed E-state index contributed by atoms with van der Waals surface area (Å²) in [6.07, 6.45) is -4.74. The maximum absolute atomic E-state index is 14.2. The van der Waals surface area contributed by atoms with Gasteiger partial charge in [-0.1, -0.05) is 11.6 Å². The molecule has 3 amide bonds. The average molecular weight is 528 g/mol. The van der Waals surface area contributed by atoms with E-state index in [1.54, 1.807) is 13.8 Å². The molecular weight excluding hydrogens is 507 g/mol. The minimum atomic E-state index is -4.71. The number of nitrogens with zero attached hydrogens (tertiary/aromatic N) is 5. The Bertz CT molecular complexity index is 1350. The first-order chi connectivity index (χ1) is 16.8. The molecule has 0 aromatic carbocycles. The van der Waals surface area contributed by atoms with Gasteiger partial charge >= 0.3 is 18.3 Å². The first kappa shape index (κ1) is 25.3. The quantitative estimate of drug-likeness (QED) is 0.456. The second-order valence-corrected chi connectivity index (χ2v) is 8.96. The smallest absolute Gasteiger partial charge is 0.404 e. The number of pyridine rings is 1. The van der Waals surface area contributed by atoms with Crippen molar-refractivity contribution in [3.05, 3.63) is 40.9 Å². The second-order valence-electron chi connectivity index (χ2n) is 8.57. The van der Waals surface area contributed by atoms with E-state index in [-0.39, 0.29) is 40.4 Å². The highest BCUT2D eigenvalue weighted by Gasteiger charge is 2.60. The van der Waals surface area contributed by atoms with Gasteiger partial charge in [0.1, 0.15) is 12.0 Å². The van der Waals surface area contributed by atoms with Crippen molar-refractivity contribution < 1.29 is 32.6 Å². The number of fused-ring (bicyclic) bond motifs is 3. The largest absolute Gasteiger partial charge is 0.475 e. The predicted octanol–water partition coefficient (Wildman–Crippen LogP) is 3.99. The van der Waals surface area contributed by atoms with Gasteiger partial charge in [0, 0.05) is 30.1 Å². The number of urea groups is 1. The molecule has 4 heterocycles. The molecule has 0 bridgehead atoms. The fourth-order valence-electron chi connectivity index (χ4n) is 3.93. The van der Waals surface area contributed by atoms with Gasteiger partial charge < -0.3 is 20.5 Å². The third-order valence-corrected chi connectivity index (χ3v) is 5.81. The monoisotopic (exact) mass is 527 g/mol. The van der Waals surface area contributed by atoms with Crippen molar-refractivity contribution in [3.63, 3.8) is 0 Å². The molecule has 1 unspecified atom stereocenters. The zero-order chi connectivity index (χ0) is 26.4. The highest BCUT2D eigenvalue weighted by molar-refractivity contribution is 6.29. The molecule has 0 fully saturated rings. The molecule has 192 valence electrons. The minimum Gasteiger partial charge on any atom is -0.475 e. The van der Waals surface area contributed by atoms with Crippen LogP contribution in [-0.4, -0.2) is 62.2 Å². The van der Waals surface area contributed by atoms with Crippen LogP contribution in [0.25, 0.3) is 5.65 Å². The third-order valence-electron chi connectivity index (χ3n) is 5.63. The van der Waals surface area contributed by atoms with Gasteiger partial charge in [-0.2, -0.15) is 18.3 Å². The summed E-state index contributed by atoms with van der Waals surface area (Å²) in [5.41, 5.74) is -1.95. The SMILES string of the molecule is Cc1cc(NC(=O)N2C[C@@](C)(C(F)(F)F)c3c2cnc2cc(Cl)nn32)cc(OCC(C)NC(=O)O)n1. The van der Waals surface area contributed by atoms with Crippen molar-refractivity contribution in [2.75, 3.05) is 23.4 Å². The number of rotatable bonds is 5. The molecule has 3 aromatic heterocycles. The predicted molar refractivity (Wildman–Crippen MR) is 123 cm³/mol. The zero-order valence-electron chi connectivity index (χ0n) is 19.2. The highest BCUT2D eigenvalue weighted by Crippen LogP contribution is 2.50. The number of amides is 3. The standard InChI is InChI=1S/C21H21ClF3N7O4/c1-10-4-12(5-16(27-10)36-8-11(2)28-19(34)35)29-18(33)31-9-20(3,21(23,24)25)17-13(31)7-26-15-6-14(22)30-32(15)17/h4-7,11,28H,8-9H2,1-3H3,(H,34,35)(H,27,29,33)/t11?,20-/m1/s1. The number of hydrogen-bond acceptors (Lipinski definition) is 6. The molecule has 0 spiro atoms. The second kappa shape index (κ2) is 9.00. The van der Waals surface area contributed by atoms with E-state index < -0.39 is 36.3 Å². The molecule has 1 aliphatic rings. The number of aromatic nitrogens is 4. The van der Waals surface area contributed by atoms with Crippen molar-refractivity contribution in [1.29, 1.82) is 0 Å². The number of carbonyl (C=O) groups excluding carboxylic acids is 1. The van der Waals surface area contributed by atoms with Gasteiger partial charge in [0.15, 0.2) is 10.8 Å². The number of carboxylic acid groups (broad SMARTS) is 1. The number of carbonyl (C=O) groups is 2. The van der Waals surface area contributed by atoms with Crippen LogP contribution < -0.4 is 20.3 Å². The van der Waals surface area contributed by atoms with E-state index in [0.29, 0.717) is 5.69 Å². The van der Waals surface area contributed by atoms with Gasteiger partial charge in [0.25, 0.3) is 0 Å². The highest BCUT2D eigenvalue weighted by atomic mass is 35.5. The van der Waals surface area contributed by atoms with Gasteiger partial charge in [-0.3, -0.25) is 4.90 Å². The summed E-state index contributed by atoms with van der Waals surface area (Å²) in [6, 6.07) is 2.85. The van der Waals surface area contributed by atoms with E-state index >= 15 is 0 Å². The molecule has 15 heteroatoms. The Kier molecular flexibility index (Phi) is 6.32. The van der Waals surface area contributed by atoms with E-state index in [4.69, 9.17) is 21.4 Å². The average Bonchev–Trinajstić information content (AvgIpc) is 3.28. The van der Waals surface area contributed by atoms with Gasteiger partial charge in [-0.15, -0.1) is 0 Å². The Morgan fingerprint density at radius 2 is 2.06 bits per heavy atom. The third kappa shape index (κ3) is 4.67. The number of hydrogen-bond donors (Lipinski definition) is 3. The number of anilines is 2. The summed E-state index contributed by atoms with van der Waals surface area (Å²) < 4.78 is 49.2. The molecule has 11 nitrogen and oxygen atoms in total. The van der Waals surface area contributed by atoms with Crippen molar-refractivity contribution in [1.82, 2.24) is 24.9 Å². The van der Waals surface area contributed by atoms with Crippen molar-refractivity contribution >= 4 is 40.7 Å². The fraction of sp³-hybridized carbons (Fsp3) is 0.381. The number of aryl methyl sites for hydroxylation is 1. The van der Waals surface area contributed by atoms with Crippen LogP contribution in [0.3, 0.4) is 0 Å². The Morgan fingerprint density at radius 3 is 2.72 bits per heavy atom. The Hall–Kier alpha value is -3.81. The van der Waals surface area contributed by atoms with Gasteiger partial charge in [0.05, 0.1) is 23.6 Å². The summed E-state index contributed by atoms with van der Waals surface area (Å²) in [4.78, 5) is 33.1. The van der Waals surface area contributed by atoms with Crippen molar-refractivity contribution in [2.45, 2.75) is 38.4 Å². The van der Waals surface area contributed by atoms with Gasteiger partial charge in [-0.05, 0) is 26.8 Å². The lowest BCUT2D eigenvalue weighted by atomic mass is 9.88. The maximum Gasteiger partial charge on any atom is 0.404 e. The Morgan fingerprint density at radius 1 is 1.33 bits per heavy atom.